The molecule has 4 N–H and O–H groups in total. The van der Waals surface area contributed by atoms with Crippen LogP contribution in [-0.2, 0) is 0 Å². The molecule has 2 atom stereocenters. The molecule has 1 fully saturated rings. The van der Waals surface area contributed by atoms with Crippen LogP contribution in [0.1, 0.15) is 25.7 Å². The van der Waals surface area contributed by atoms with Crippen molar-refractivity contribution in [3.8, 4) is 5.69 Å². The fourth-order valence-corrected chi connectivity index (χ4v) is 3.31. The molecule has 0 aliphatic heterocycles. The predicted octanol–water partition coefficient (Wildman–Crippen LogP) is 3.09. The molecule has 1 aromatic carbocycles. The first-order valence-electron chi connectivity index (χ1n) is 8.98. The molecule has 26 heavy (non-hydrogen) atoms. The minimum Gasteiger partial charge on any atom is -0.350 e. The number of imidazole rings is 1. The average Bonchev–Trinajstić information content (AvgIpc) is 3.19. The van der Waals surface area contributed by atoms with Crippen LogP contribution in [0.25, 0.3) is 5.69 Å². The highest BCUT2D eigenvalue weighted by Gasteiger charge is 2.22. The van der Waals surface area contributed by atoms with E-state index in [1.54, 1.807) is 18.7 Å². The summed E-state index contributed by atoms with van der Waals surface area (Å²) in [5.74, 6) is 1.36. The lowest BCUT2D eigenvalue weighted by molar-refractivity contribution is 0.402. The van der Waals surface area contributed by atoms with Gasteiger partial charge >= 0.3 is 0 Å². The van der Waals surface area contributed by atoms with Crippen molar-refractivity contribution in [3.05, 3.63) is 55.2 Å². The van der Waals surface area contributed by atoms with Gasteiger partial charge in [-0.1, -0.05) is 18.9 Å². The van der Waals surface area contributed by atoms with Crippen molar-refractivity contribution in [1.82, 2.24) is 19.5 Å². The van der Waals surface area contributed by atoms with Gasteiger partial charge in [-0.25, -0.2) is 9.97 Å². The summed E-state index contributed by atoms with van der Waals surface area (Å²) in [4.78, 5) is 13.0. The molecule has 1 aliphatic rings. The third-order valence-corrected chi connectivity index (χ3v) is 4.71. The number of anilines is 3. The quantitative estimate of drug-likeness (QED) is 0.655. The Morgan fingerprint density at radius 1 is 1.12 bits per heavy atom. The van der Waals surface area contributed by atoms with Gasteiger partial charge in [0.25, 0.3) is 0 Å². The standard InChI is InChI=1S/C19H23N7/c20-16-6-1-2-7-17(16)24-19-22-9-8-18(25-19)23-14-4-3-5-15(12-14)26-11-10-21-13-26/h3-5,8-13,16-17H,1-2,6-7,20H2,(H2,22,23,24,25)/t16-,17+/m0/s1. The van der Waals surface area contributed by atoms with Crippen molar-refractivity contribution in [2.75, 3.05) is 10.6 Å². The molecular weight excluding hydrogens is 326 g/mol. The van der Waals surface area contributed by atoms with Crippen LogP contribution >= 0.6 is 0 Å². The van der Waals surface area contributed by atoms with Crippen LogP contribution in [0.3, 0.4) is 0 Å². The van der Waals surface area contributed by atoms with Crippen LogP contribution in [0.15, 0.2) is 55.2 Å². The first kappa shape index (κ1) is 16.5. The Bertz CT molecular complexity index is 847. The SMILES string of the molecule is N[C@H]1CCCC[C@H]1Nc1nccc(Nc2cccc(-n3ccnc3)c2)n1. The predicted molar refractivity (Wildman–Crippen MR) is 103 cm³/mol. The number of nitrogens with two attached hydrogens (primary N) is 1. The van der Waals surface area contributed by atoms with Crippen molar-refractivity contribution < 1.29 is 0 Å². The summed E-state index contributed by atoms with van der Waals surface area (Å²) in [5.41, 5.74) is 8.20. The number of nitrogens with zero attached hydrogens (tertiary/aromatic N) is 4. The summed E-state index contributed by atoms with van der Waals surface area (Å²) >= 11 is 0. The van der Waals surface area contributed by atoms with E-state index >= 15 is 0 Å². The molecule has 7 nitrogen and oxygen atoms in total. The molecule has 134 valence electrons. The molecule has 0 saturated heterocycles. The van der Waals surface area contributed by atoms with Gasteiger partial charge in [0.15, 0.2) is 0 Å². The first-order chi connectivity index (χ1) is 12.8. The van der Waals surface area contributed by atoms with Gasteiger partial charge < -0.3 is 20.9 Å². The molecule has 0 amide bonds. The van der Waals surface area contributed by atoms with Gasteiger partial charge in [-0.05, 0) is 37.1 Å². The zero-order valence-corrected chi connectivity index (χ0v) is 14.5. The number of nitrogens with one attached hydrogen (secondary N) is 2. The Balaban J connectivity index is 1.48. The highest BCUT2D eigenvalue weighted by atomic mass is 15.2. The third-order valence-electron chi connectivity index (χ3n) is 4.71. The summed E-state index contributed by atoms with van der Waals surface area (Å²) in [6, 6.07) is 10.3. The molecule has 1 aliphatic carbocycles. The molecular formula is C19H23N7. The molecule has 3 aromatic rings. The van der Waals surface area contributed by atoms with E-state index in [4.69, 9.17) is 5.73 Å². The highest BCUT2D eigenvalue weighted by molar-refractivity contribution is 5.60. The monoisotopic (exact) mass is 349 g/mol. The van der Waals surface area contributed by atoms with Crippen LogP contribution in [0.4, 0.5) is 17.5 Å². The summed E-state index contributed by atoms with van der Waals surface area (Å²) in [5, 5.41) is 6.73. The molecule has 0 radical (unpaired) electrons. The third kappa shape index (κ3) is 3.83. The van der Waals surface area contributed by atoms with Gasteiger partial charge in [-0.3, -0.25) is 0 Å². The molecule has 1 saturated carbocycles. The second kappa shape index (κ2) is 7.53. The summed E-state index contributed by atoms with van der Waals surface area (Å²) < 4.78 is 1.96. The molecule has 0 spiro atoms. The maximum atomic E-state index is 6.21. The maximum absolute atomic E-state index is 6.21. The number of benzene rings is 1. The highest BCUT2D eigenvalue weighted by Crippen LogP contribution is 2.22. The van der Waals surface area contributed by atoms with E-state index in [9.17, 15) is 0 Å². The average molecular weight is 349 g/mol. The van der Waals surface area contributed by atoms with Gasteiger partial charge in [-0.2, -0.15) is 4.98 Å². The van der Waals surface area contributed by atoms with Crippen molar-refractivity contribution in [3.63, 3.8) is 0 Å². The molecule has 2 aromatic heterocycles. The van der Waals surface area contributed by atoms with E-state index in [1.807, 2.05) is 41.1 Å². The van der Waals surface area contributed by atoms with Gasteiger partial charge in [0.05, 0.1) is 6.33 Å². The fraction of sp³-hybridized carbons (Fsp3) is 0.316. The van der Waals surface area contributed by atoms with E-state index in [0.717, 1.165) is 30.0 Å². The zero-order valence-electron chi connectivity index (χ0n) is 14.5. The normalized spacial score (nSPS) is 19.9. The second-order valence-electron chi connectivity index (χ2n) is 6.61. The Kier molecular flexibility index (Phi) is 4.79. The van der Waals surface area contributed by atoms with Gasteiger partial charge in [-0.15, -0.1) is 0 Å². The number of hydrogen-bond acceptors (Lipinski definition) is 6. The summed E-state index contributed by atoms with van der Waals surface area (Å²) in [7, 11) is 0. The number of hydrogen-bond donors (Lipinski definition) is 3. The van der Waals surface area contributed by atoms with Crippen molar-refractivity contribution in [1.29, 1.82) is 0 Å². The Morgan fingerprint density at radius 2 is 2.04 bits per heavy atom. The lowest BCUT2D eigenvalue weighted by Gasteiger charge is -2.29. The van der Waals surface area contributed by atoms with Crippen LogP contribution < -0.4 is 16.4 Å². The lowest BCUT2D eigenvalue weighted by atomic mass is 9.91. The molecule has 7 heteroatoms. The number of rotatable bonds is 5. The maximum Gasteiger partial charge on any atom is 0.224 e. The van der Waals surface area contributed by atoms with Crippen molar-refractivity contribution >= 4 is 17.5 Å². The Hall–Kier alpha value is -2.93. The van der Waals surface area contributed by atoms with E-state index in [1.165, 1.54) is 12.8 Å². The molecule has 0 bridgehead atoms. The second-order valence-corrected chi connectivity index (χ2v) is 6.61. The topological polar surface area (TPSA) is 93.7 Å². The van der Waals surface area contributed by atoms with E-state index in [0.29, 0.717) is 5.95 Å². The van der Waals surface area contributed by atoms with E-state index in [-0.39, 0.29) is 12.1 Å². The largest absolute Gasteiger partial charge is 0.350 e. The summed E-state index contributed by atoms with van der Waals surface area (Å²) in [6.07, 6.45) is 11.7. The van der Waals surface area contributed by atoms with Crippen LogP contribution in [0, 0.1) is 0 Å². The van der Waals surface area contributed by atoms with Crippen molar-refractivity contribution in [2.45, 2.75) is 37.8 Å². The molecule has 0 unspecified atom stereocenters. The number of aromatic nitrogens is 4. The Labute approximate surface area is 152 Å². The van der Waals surface area contributed by atoms with Crippen molar-refractivity contribution in [2.24, 2.45) is 5.73 Å². The van der Waals surface area contributed by atoms with E-state index in [2.05, 4.69) is 25.6 Å². The van der Waals surface area contributed by atoms with Crippen LogP contribution in [0.2, 0.25) is 0 Å². The van der Waals surface area contributed by atoms with Gasteiger partial charge in [0.1, 0.15) is 5.82 Å². The fourth-order valence-electron chi connectivity index (χ4n) is 3.31. The minimum absolute atomic E-state index is 0.163. The lowest BCUT2D eigenvalue weighted by Crippen LogP contribution is -2.42. The molecule has 4 rings (SSSR count). The zero-order chi connectivity index (χ0) is 17.8. The smallest absolute Gasteiger partial charge is 0.224 e. The van der Waals surface area contributed by atoms with Gasteiger partial charge in [0.2, 0.25) is 5.95 Å². The van der Waals surface area contributed by atoms with Crippen LogP contribution in [-0.4, -0.2) is 31.6 Å². The molecule has 2 heterocycles. The first-order valence-corrected chi connectivity index (χ1v) is 8.98. The Morgan fingerprint density at radius 3 is 2.88 bits per heavy atom. The summed E-state index contributed by atoms with van der Waals surface area (Å²) in [6.45, 7) is 0. The van der Waals surface area contributed by atoms with Gasteiger partial charge in [0, 0.05) is 42.0 Å². The van der Waals surface area contributed by atoms with Crippen LogP contribution in [0.5, 0.6) is 0 Å². The van der Waals surface area contributed by atoms with E-state index < -0.39 is 0 Å². The minimum atomic E-state index is 0.163.